The molecule has 1 aromatic carbocycles. The standard InChI is InChI=1S/C16H14N4O/c1-11-4-2-6-13-8-14(19-15(11)13)16(21)20-18-10-12-5-3-7-17-9-12/h2-10,19H,1H3,(H,20,21)/b18-10+. The zero-order valence-corrected chi connectivity index (χ0v) is 11.5. The lowest BCUT2D eigenvalue weighted by Crippen LogP contribution is -2.17. The van der Waals surface area contributed by atoms with Crippen LogP contribution in [0.15, 0.2) is 53.9 Å². The Morgan fingerprint density at radius 1 is 1.33 bits per heavy atom. The lowest BCUT2D eigenvalue weighted by molar-refractivity contribution is 0.0951. The minimum atomic E-state index is -0.272. The molecule has 0 radical (unpaired) electrons. The fourth-order valence-electron chi connectivity index (χ4n) is 2.11. The number of carbonyl (C=O) groups is 1. The number of rotatable bonds is 3. The highest BCUT2D eigenvalue weighted by molar-refractivity contribution is 5.99. The Bertz CT molecular complexity index is 806. The van der Waals surface area contributed by atoms with Crippen molar-refractivity contribution in [2.75, 3.05) is 0 Å². The second-order valence-corrected chi connectivity index (χ2v) is 4.71. The van der Waals surface area contributed by atoms with Crippen molar-refractivity contribution in [3.05, 3.63) is 65.6 Å². The highest BCUT2D eigenvalue weighted by Crippen LogP contribution is 2.18. The van der Waals surface area contributed by atoms with E-state index >= 15 is 0 Å². The molecule has 2 heterocycles. The number of carbonyl (C=O) groups excluding carboxylic acids is 1. The molecule has 0 unspecified atom stereocenters. The van der Waals surface area contributed by atoms with Crippen LogP contribution in [0.5, 0.6) is 0 Å². The van der Waals surface area contributed by atoms with E-state index in [1.165, 1.54) is 0 Å². The van der Waals surface area contributed by atoms with Gasteiger partial charge in [0.25, 0.3) is 5.91 Å². The highest BCUT2D eigenvalue weighted by Gasteiger charge is 2.09. The second kappa shape index (κ2) is 5.58. The van der Waals surface area contributed by atoms with Crippen LogP contribution in [0.4, 0.5) is 0 Å². The molecule has 0 aliphatic rings. The Morgan fingerprint density at radius 3 is 3.00 bits per heavy atom. The number of para-hydroxylation sites is 1. The molecule has 104 valence electrons. The number of nitrogens with zero attached hydrogens (tertiary/aromatic N) is 2. The number of hydrazone groups is 1. The van der Waals surface area contributed by atoms with Crippen molar-refractivity contribution in [2.24, 2.45) is 5.10 Å². The summed E-state index contributed by atoms with van der Waals surface area (Å²) < 4.78 is 0. The van der Waals surface area contributed by atoms with Crippen LogP contribution < -0.4 is 5.43 Å². The Kier molecular flexibility index (Phi) is 3.47. The van der Waals surface area contributed by atoms with Gasteiger partial charge in [-0.3, -0.25) is 9.78 Å². The van der Waals surface area contributed by atoms with E-state index < -0.39 is 0 Å². The second-order valence-electron chi connectivity index (χ2n) is 4.71. The van der Waals surface area contributed by atoms with Crippen LogP contribution in [0.25, 0.3) is 10.9 Å². The number of amides is 1. The average molecular weight is 278 g/mol. The molecule has 0 fully saturated rings. The number of aryl methyl sites for hydroxylation is 1. The normalized spacial score (nSPS) is 11.1. The van der Waals surface area contributed by atoms with Crippen molar-refractivity contribution >= 4 is 23.0 Å². The molecule has 1 amide bonds. The third-order valence-corrected chi connectivity index (χ3v) is 3.17. The van der Waals surface area contributed by atoms with Gasteiger partial charge in [0.15, 0.2) is 0 Å². The summed E-state index contributed by atoms with van der Waals surface area (Å²) in [6.45, 7) is 2.00. The van der Waals surface area contributed by atoms with Gasteiger partial charge >= 0.3 is 0 Å². The molecule has 2 N–H and O–H groups in total. The van der Waals surface area contributed by atoms with Crippen LogP contribution in [-0.2, 0) is 0 Å². The number of aromatic amines is 1. The summed E-state index contributed by atoms with van der Waals surface area (Å²) in [5.41, 5.74) is 5.89. The van der Waals surface area contributed by atoms with Gasteiger partial charge in [-0.05, 0) is 24.6 Å². The molecule has 0 saturated heterocycles. The molecule has 2 aromatic heterocycles. The first kappa shape index (κ1) is 13.1. The summed E-state index contributed by atoms with van der Waals surface area (Å²) in [5.74, 6) is -0.272. The van der Waals surface area contributed by atoms with Gasteiger partial charge in [-0.1, -0.05) is 24.3 Å². The molecule has 0 atom stereocenters. The number of hydrogen-bond donors (Lipinski definition) is 2. The number of pyridine rings is 1. The van der Waals surface area contributed by atoms with E-state index in [9.17, 15) is 4.79 Å². The first-order valence-electron chi connectivity index (χ1n) is 6.56. The summed E-state index contributed by atoms with van der Waals surface area (Å²) >= 11 is 0. The predicted octanol–water partition coefficient (Wildman–Crippen LogP) is 2.64. The van der Waals surface area contributed by atoms with Gasteiger partial charge in [-0.2, -0.15) is 5.10 Å². The lowest BCUT2D eigenvalue weighted by Gasteiger charge is -1.96. The molecule has 0 aliphatic carbocycles. The number of aromatic nitrogens is 2. The van der Waals surface area contributed by atoms with Gasteiger partial charge in [0, 0.05) is 28.9 Å². The zero-order chi connectivity index (χ0) is 14.7. The van der Waals surface area contributed by atoms with Crippen LogP contribution in [0.2, 0.25) is 0 Å². The Hall–Kier alpha value is -2.95. The highest BCUT2D eigenvalue weighted by atomic mass is 16.2. The minimum Gasteiger partial charge on any atom is -0.350 e. The van der Waals surface area contributed by atoms with E-state index in [0.29, 0.717) is 5.69 Å². The predicted molar refractivity (Wildman–Crippen MR) is 82.3 cm³/mol. The van der Waals surface area contributed by atoms with Crippen LogP contribution in [-0.4, -0.2) is 22.1 Å². The Morgan fingerprint density at radius 2 is 2.24 bits per heavy atom. The third-order valence-electron chi connectivity index (χ3n) is 3.17. The zero-order valence-electron chi connectivity index (χ0n) is 11.5. The molecular weight excluding hydrogens is 264 g/mol. The number of nitrogens with one attached hydrogen (secondary N) is 2. The summed E-state index contributed by atoms with van der Waals surface area (Å²) in [7, 11) is 0. The van der Waals surface area contributed by atoms with Crippen LogP contribution in [0.1, 0.15) is 21.6 Å². The molecule has 0 spiro atoms. The van der Waals surface area contributed by atoms with E-state index in [4.69, 9.17) is 0 Å². The van der Waals surface area contributed by atoms with Crippen molar-refractivity contribution in [1.82, 2.24) is 15.4 Å². The number of benzene rings is 1. The maximum atomic E-state index is 12.0. The van der Waals surface area contributed by atoms with Crippen LogP contribution in [0, 0.1) is 6.92 Å². The Balaban J connectivity index is 1.75. The first-order valence-corrected chi connectivity index (χ1v) is 6.56. The van der Waals surface area contributed by atoms with Crippen molar-refractivity contribution < 1.29 is 4.79 Å². The summed E-state index contributed by atoms with van der Waals surface area (Å²) in [6.07, 6.45) is 4.91. The molecule has 3 rings (SSSR count). The average Bonchev–Trinajstić information content (AvgIpc) is 2.94. The van der Waals surface area contributed by atoms with E-state index in [1.54, 1.807) is 18.6 Å². The van der Waals surface area contributed by atoms with Crippen LogP contribution in [0.3, 0.4) is 0 Å². The molecule has 0 aliphatic heterocycles. The largest absolute Gasteiger partial charge is 0.350 e. The van der Waals surface area contributed by atoms with Gasteiger partial charge in [-0.15, -0.1) is 0 Å². The summed E-state index contributed by atoms with van der Waals surface area (Å²) in [6, 6.07) is 11.4. The smallest absolute Gasteiger partial charge is 0.287 e. The summed E-state index contributed by atoms with van der Waals surface area (Å²) in [4.78, 5) is 19.1. The molecule has 0 saturated carbocycles. The van der Waals surface area contributed by atoms with E-state index in [0.717, 1.165) is 22.0 Å². The SMILES string of the molecule is Cc1cccc2cc(C(=O)N/N=C/c3cccnc3)[nH]c12. The van der Waals surface area contributed by atoms with E-state index in [-0.39, 0.29) is 5.91 Å². The lowest BCUT2D eigenvalue weighted by atomic mass is 10.2. The van der Waals surface area contributed by atoms with Gasteiger partial charge in [0.05, 0.1) is 6.21 Å². The number of H-pyrrole nitrogens is 1. The van der Waals surface area contributed by atoms with E-state index in [1.807, 2.05) is 43.3 Å². The Labute approximate surface area is 121 Å². The molecular formula is C16H14N4O. The third kappa shape index (κ3) is 2.81. The molecule has 21 heavy (non-hydrogen) atoms. The van der Waals surface area contributed by atoms with Crippen LogP contribution >= 0.6 is 0 Å². The number of hydrogen-bond acceptors (Lipinski definition) is 3. The van der Waals surface area contributed by atoms with Gasteiger partial charge in [0.1, 0.15) is 5.69 Å². The minimum absolute atomic E-state index is 0.272. The maximum absolute atomic E-state index is 12.0. The fraction of sp³-hybridized carbons (Fsp3) is 0.0625. The summed E-state index contributed by atoms with van der Waals surface area (Å²) in [5, 5.41) is 4.94. The van der Waals surface area contributed by atoms with Crippen molar-refractivity contribution in [2.45, 2.75) is 6.92 Å². The van der Waals surface area contributed by atoms with Crippen molar-refractivity contribution in [3.8, 4) is 0 Å². The molecule has 5 nitrogen and oxygen atoms in total. The van der Waals surface area contributed by atoms with Gasteiger partial charge in [-0.25, -0.2) is 5.43 Å². The monoisotopic (exact) mass is 278 g/mol. The van der Waals surface area contributed by atoms with Crippen molar-refractivity contribution in [1.29, 1.82) is 0 Å². The van der Waals surface area contributed by atoms with E-state index in [2.05, 4.69) is 20.5 Å². The maximum Gasteiger partial charge on any atom is 0.287 e. The first-order chi connectivity index (χ1) is 10.2. The fourth-order valence-corrected chi connectivity index (χ4v) is 2.11. The molecule has 3 aromatic rings. The van der Waals surface area contributed by atoms with Gasteiger partial charge < -0.3 is 4.98 Å². The quantitative estimate of drug-likeness (QED) is 0.571. The molecule has 5 heteroatoms. The van der Waals surface area contributed by atoms with Crippen molar-refractivity contribution in [3.63, 3.8) is 0 Å². The number of fused-ring (bicyclic) bond motifs is 1. The topological polar surface area (TPSA) is 70.1 Å². The molecule has 0 bridgehead atoms. The van der Waals surface area contributed by atoms with Gasteiger partial charge in [0.2, 0.25) is 0 Å².